The summed E-state index contributed by atoms with van der Waals surface area (Å²) in [5.41, 5.74) is 0.788. The second-order valence-electron chi connectivity index (χ2n) is 4.74. The van der Waals surface area contributed by atoms with E-state index in [0.29, 0.717) is 0 Å². The molecule has 0 spiro atoms. The number of aliphatic carboxylic acids is 1. The van der Waals surface area contributed by atoms with Gasteiger partial charge in [-0.25, -0.2) is 9.67 Å². The van der Waals surface area contributed by atoms with Gasteiger partial charge in [0.2, 0.25) is 5.82 Å². The number of amides is 1. The highest BCUT2D eigenvalue weighted by molar-refractivity contribution is 5.90. The van der Waals surface area contributed by atoms with Crippen LogP contribution in [0, 0.1) is 5.92 Å². The van der Waals surface area contributed by atoms with Gasteiger partial charge in [0.15, 0.2) is 0 Å². The normalized spacial score (nSPS) is 13.4. The molecule has 0 fully saturated rings. The molecular weight excluding hydrogens is 272 g/mol. The van der Waals surface area contributed by atoms with E-state index in [1.807, 2.05) is 30.3 Å². The highest BCUT2D eigenvalue weighted by atomic mass is 16.4. The minimum atomic E-state index is -0.967. The molecular formula is C14H16N4O3. The van der Waals surface area contributed by atoms with Crippen molar-refractivity contribution in [3.8, 4) is 5.69 Å². The Bertz CT molecular complexity index is 639. The first-order valence-corrected chi connectivity index (χ1v) is 6.50. The number of para-hydroxylation sites is 1. The average Bonchev–Trinajstić information content (AvgIpc) is 2.97. The van der Waals surface area contributed by atoms with Crippen molar-refractivity contribution in [2.24, 2.45) is 5.92 Å². The predicted molar refractivity (Wildman–Crippen MR) is 75.1 cm³/mol. The molecule has 110 valence electrons. The van der Waals surface area contributed by atoms with Crippen LogP contribution in [-0.4, -0.2) is 37.8 Å². The molecule has 2 unspecified atom stereocenters. The SMILES string of the molecule is CC(NC(=O)c1ncn(-c2ccccc2)n1)C(C)C(=O)O. The number of nitrogens with zero attached hydrogens (tertiary/aromatic N) is 3. The number of nitrogens with one attached hydrogen (secondary N) is 1. The molecule has 7 heteroatoms. The molecule has 1 aromatic carbocycles. The van der Waals surface area contributed by atoms with E-state index in [9.17, 15) is 9.59 Å². The van der Waals surface area contributed by atoms with Crippen molar-refractivity contribution in [3.05, 3.63) is 42.5 Å². The average molecular weight is 288 g/mol. The second kappa shape index (κ2) is 6.17. The summed E-state index contributed by atoms with van der Waals surface area (Å²) in [7, 11) is 0. The Kier molecular flexibility index (Phi) is 4.32. The van der Waals surface area contributed by atoms with Crippen LogP contribution in [0.1, 0.15) is 24.5 Å². The molecule has 0 bridgehead atoms. The molecule has 0 aliphatic carbocycles. The van der Waals surface area contributed by atoms with Crippen molar-refractivity contribution in [2.75, 3.05) is 0 Å². The Morgan fingerprint density at radius 1 is 1.24 bits per heavy atom. The highest BCUT2D eigenvalue weighted by Gasteiger charge is 2.23. The van der Waals surface area contributed by atoms with Crippen LogP contribution in [0.25, 0.3) is 5.69 Å². The fourth-order valence-electron chi connectivity index (χ4n) is 1.68. The summed E-state index contributed by atoms with van der Waals surface area (Å²) < 4.78 is 1.49. The fraction of sp³-hybridized carbons (Fsp3) is 0.286. The number of carbonyl (C=O) groups is 2. The molecule has 2 rings (SSSR count). The van der Waals surface area contributed by atoms with Crippen LogP contribution in [-0.2, 0) is 4.79 Å². The third-order valence-corrected chi connectivity index (χ3v) is 3.21. The van der Waals surface area contributed by atoms with Crippen molar-refractivity contribution in [1.29, 1.82) is 0 Å². The first-order chi connectivity index (χ1) is 9.99. The summed E-state index contributed by atoms with van der Waals surface area (Å²) in [5, 5.41) is 15.6. The zero-order valence-corrected chi connectivity index (χ0v) is 11.7. The molecule has 1 aromatic heterocycles. The third kappa shape index (κ3) is 3.44. The van der Waals surface area contributed by atoms with Crippen molar-refractivity contribution < 1.29 is 14.7 Å². The minimum Gasteiger partial charge on any atom is -0.481 e. The standard InChI is InChI=1S/C14H16N4O3/c1-9(14(20)21)10(2)16-13(19)12-15-8-18(17-12)11-6-4-3-5-7-11/h3-10H,1-2H3,(H,16,19)(H,20,21). The molecule has 0 aliphatic heterocycles. The molecule has 2 N–H and O–H groups in total. The molecule has 0 saturated carbocycles. The lowest BCUT2D eigenvalue weighted by Gasteiger charge is -2.16. The van der Waals surface area contributed by atoms with Crippen molar-refractivity contribution >= 4 is 11.9 Å². The number of carboxylic acids is 1. The van der Waals surface area contributed by atoms with Gasteiger partial charge in [0.05, 0.1) is 11.6 Å². The number of benzene rings is 1. The monoisotopic (exact) mass is 288 g/mol. The Hall–Kier alpha value is -2.70. The maximum atomic E-state index is 12.0. The largest absolute Gasteiger partial charge is 0.481 e. The summed E-state index contributed by atoms with van der Waals surface area (Å²) in [6.07, 6.45) is 1.44. The van der Waals surface area contributed by atoms with Gasteiger partial charge >= 0.3 is 5.97 Å². The smallest absolute Gasteiger partial charge is 0.308 e. The molecule has 1 heterocycles. The molecule has 0 saturated heterocycles. The van der Waals surface area contributed by atoms with E-state index in [1.54, 1.807) is 6.92 Å². The van der Waals surface area contributed by atoms with Gasteiger partial charge in [-0.2, -0.15) is 0 Å². The van der Waals surface area contributed by atoms with E-state index in [0.717, 1.165) is 5.69 Å². The van der Waals surface area contributed by atoms with E-state index < -0.39 is 23.8 Å². The third-order valence-electron chi connectivity index (χ3n) is 3.21. The van der Waals surface area contributed by atoms with Crippen LogP contribution < -0.4 is 5.32 Å². The van der Waals surface area contributed by atoms with Gasteiger partial charge in [0, 0.05) is 6.04 Å². The molecule has 0 radical (unpaired) electrons. The summed E-state index contributed by atoms with van der Waals surface area (Å²) in [6, 6.07) is 8.75. The number of carboxylic acid groups (broad SMARTS) is 1. The zero-order chi connectivity index (χ0) is 15.4. The first kappa shape index (κ1) is 14.7. The lowest BCUT2D eigenvalue weighted by Crippen LogP contribution is -2.40. The highest BCUT2D eigenvalue weighted by Crippen LogP contribution is 2.06. The van der Waals surface area contributed by atoms with E-state index >= 15 is 0 Å². The Morgan fingerprint density at radius 2 is 1.90 bits per heavy atom. The lowest BCUT2D eigenvalue weighted by molar-refractivity contribution is -0.141. The zero-order valence-electron chi connectivity index (χ0n) is 11.7. The molecule has 2 atom stereocenters. The van der Waals surface area contributed by atoms with Crippen molar-refractivity contribution in [1.82, 2.24) is 20.1 Å². The van der Waals surface area contributed by atoms with E-state index in [4.69, 9.17) is 5.11 Å². The van der Waals surface area contributed by atoms with Crippen LogP contribution in [0.3, 0.4) is 0 Å². The maximum absolute atomic E-state index is 12.0. The molecule has 0 aliphatic rings. The molecule has 1 amide bonds. The van der Waals surface area contributed by atoms with E-state index in [1.165, 1.54) is 17.9 Å². The first-order valence-electron chi connectivity index (χ1n) is 6.50. The van der Waals surface area contributed by atoms with Crippen molar-refractivity contribution in [2.45, 2.75) is 19.9 Å². The summed E-state index contributed by atoms with van der Waals surface area (Å²) in [5.74, 6) is -2.15. The topological polar surface area (TPSA) is 97.1 Å². The van der Waals surface area contributed by atoms with Crippen molar-refractivity contribution in [3.63, 3.8) is 0 Å². The number of carbonyl (C=O) groups excluding carboxylic acids is 1. The Balaban J connectivity index is 2.08. The van der Waals surface area contributed by atoms with Crippen LogP contribution in [0.4, 0.5) is 0 Å². The van der Waals surface area contributed by atoms with E-state index in [-0.39, 0.29) is 5.82 Å². The number of aromatic nitrogens is 3. The number of hydrogen-bond donors (Lipinski definition) is 2. The van der Waals surface area contributed by atoms with Gasteiger partial charge in [-0.3, -0.25) is 9.59 Å². The van der Waals surface area contributed by atoms with Crippen LogP contribution >= 0.6 is 0 Å². The molecule has 2 aromatic rings. The van der Waals surface area contributed by atoms with Crippen LogP contribution in [0.15, 0.2) is 36.7 Å². The number of rotatable bonds is 5. The van der Waals surface area contributed by atoms with Crippen LogP contribution in [0.2, 0.25) is 0 Å². The summed E-state index contributed by atoms with van der Waals surface area (Å²) in [6.45, 7) is 3.16. The summed E-state index contributed by atoms with van der Waals surface area (Å²) in [4.78, 5) is 26.8. The van der Waals surface area contributed by atoms with E-state index in [2.05, 4.69) is 15.4 Å². The Labute approximate surface area is 121 Å². The number of hydrogen-bond acceptors (Lipinski definition) is 4. The van der Waals surface area contributed by atoms with Gasteiger partial charge < -0.3 is 10.4 Å². The maximum Gasteiger partial charge on any atom is 0.308 e. The molecule has 21 heavy (non-hydrogen) atoms. The predicted octanol–water partition coefficient (Wildman–Crippen LogP) is 1.11. The van der Waals surface area contributed by atoms with Crippen LogP contribution in [0.5, 0.6) is 0 Å². The second-order valence-corrected chi connectivity index (χ2v) is 4.74. The van der Waals surface area contributed by atoms with Gasteiger partial charge in [-0.1, -0.05) is 18.2 Å². The quantitative estimate of drug-likeness (QED) is 0.859. The Morgan fingerprint density at radius 3 is 2.52 bits per heavy atom. The van der Waals surface area contributed by atoms with Gasteiger partial charge in [0.25, 0.3) is 5.91 Å². The lowest BCUT2D eigenvalue weighted by atomic mass is 10.0. The molecule has 7 nitrogen and oxygen atoms in total. The van der Waals surface area contributed by atoms with Gasteiger partial charge in [-0.15, -0.1) is 5.10 Å². The minimum absolute atomic E-state index is 0.00305. The van der Waals surface area contributed by atoms with Gasteiger partial charge in [-0.05, 0) is 26.0 Å². The fourth-order valence-corrected chi connectivity index (χ4v) is 1.68. The van der Waals surface area contributed by atoms with Gasteiger partial charge in [0.1, 0.15) is 6.33 Å². The summed E-state index contributed by atoms with van der Waals surface area (Å²) >= 11 is 0.